The van der Waals surface area contributed by atoms with E-state index in [1.165, 1.54) is 63.1 Å². The molecular weight excluding hydrogens is 248 g/mol. The minimum Gasteiger partial charge on any atom is -0.0991 e. The minimum atomic E-state index is 1.17. The Bertz CT molecular complexity index is 149. The zero-order valence-corrected chi connectivity index (χ0v) is 11.5. The molecule has 0 saturated heterocycles. The fourth-order valence-corrected chi connectivity index (χ4v) is 2.01. The van der Waals surface area contributed by atoms with Gasteiger partial charge in [0, 0.05) is 5.33 Å². The van der Waals surface area contributed by atoms with Crippen molar-refractivity contribution in [1.82, 2.24) is 0 Å². The Kier molecular flexibility index (Phi) is 13.9. The van der Waals surface area contributed by atoms with Gasteiger partial charge in [0.1, 0.15) is 0 Å². The topological polar surface area (TPSA) is 0 Å². The summed E-state index contributed by atoms with van der Waals surface area (Å²) in [6.45, 7) is 3.65. The van der Waals surface area contributed by atoms with Crippen molar-refractivity contribution in [3.63, 3.8) is 0 Å². The first-order valence-corrected chi connectivity index (χ1v) is 7.37. The van der Waals surface area contributed by atoms with E-state index < -0.39 is 0 Å². The number of hydrogen-bond acceptors (Lipinski definition) is 0. The standard InChI is InChI=1S/C14H25Br/c1-2-3-4-5-6-7-8-9-10-11-12-13-14-15/h2-4H,1,5-14H2/b4-3-. The van der Waals surface area contributed by atoms with Gasteiger partial charge in [-0.2, -0.15) is 0 Å². The van der Waals surface area contributed by atoms with Crippen molar-refractivity contribution >= 4 is 15.9 Å². The summed E-state index contributed by atoms with van der Waals surface area (Å²) in [5.41, 5.74) is 0. The summed E-state index contributed by atoms with van der Waals surface area (Å²) in [6.07, 6.45) is 18.5. The Morgan fingerprint density at radius 3 is 1.87 bits per heavy atom. The van der Waals surface area contributed by atoms with Crippen LogP contribution in [0.3, 0.4) is 0 Å². The highest BCUT2D eigenvalue weighted by atomic mass is 79.9. The fourth-order valence-electron chi connectivity index (χ4n) is 1.61. The summed E-state index contributed by atoms with van der Waals surface area (Å²) in [5, 5.41) is 1.17. The molecule has 0 rings (SSSR count). The molecule has 0 radical (unpaired) electrons. The van der Waals surface area contributed by atoms with Crippen LogP contribution in [0.15, 0.2) is 24.8 Å². The second kappa shape index (κ2) is 14.0. The van der Waals surface area contributed by atoms with Gasteiger partial charge in [-0.05, 0) is 19.3 Å². The van der Waals surface area contributed by atoms with Crippen molar-refractivity contribution < 1.29 is 0 Å². The maximum Gasteiger partial charge on any atom is 0.00313 e. The predicted molar refractivity (Wildman–Crippen MR) is 74.7 cm³/mol. The summed E-state index contributed by atoms with van der Waals surface area (Å²) in [5.74, 6) is 0. The van der Waals surface area contributed by atoms with Crippen molar-refractivity contribution in [3.8, 4) is 0 Å². The Hall–Kier alpha value is -0.0400. The van der Waals surface area contributed by atoms with Gasteiger partial charge in [0.2, 0.25) is 0 Å². The molecule has 0 aliphatic rings. The van der Waals surface area contributed by atoms with Crippen LogP contribution in [-0.2, 0) is 0 Å². The van der Waals surface area contributed by atoms with Crippen LogP contribution in [0, 0.1) is 0 Å². The zero-order valence-electron chi connectivity index (χ0n) is 9.89. The number of rotatable bonds is 11. The zero-order chi connectivity index (χ0) is 11.2. The van der Waals surface area contributed by atoms with Gasteiger partial charge in [0.05, 0.1) is 0 Å². The number of alkyl halides is 1. The normalized spacial score (nSPS) is 11.0. The monoisotopic (exact) mass is 272 g/mol. The Labute approximate surface area is 104 Å². The molecule has 0 bridgehead atoms. The van der Waals surface area contributed by atoms with E-state index in [9.17, 15) is 0 Å². The van der Waals surface area contributed by atoms with Gasteiger partial charge in [-0.25, -0.2) is 0 Å². The molecule has 0 aromatic rings. The van der Waals surface area contributed by atoms with Crippen LogP contribution < -0.4 is 0 Å². The minimum absolute atomic E-state index is 1.17. The summed E-state index contributed by atoms with van der Waals surface area (Å²) in [6, 6.07) is 0. The lowest BCUT2D eigenvalue weighted by Gasteiger charge is -2.00. The van der Waals surface area contributed by atoms with Gasteiger partial charge in [0.15, 0.2) is 0 Å². The van der Waals surface area contributed by atoms with Gasteiger partial charge in [0.25, 0.3) is 0 Å². The molecule has 0 heterocycles. The molecular formula is C14H25Br. The van der Waals surface area contributed by atoms with E-state index in [1.54, 1.807) is 0 Å². The molecule has 0 fully saturated rings. The summed E-state index contributed by atoms with van der Waals surface area (Å²) in [7, 11) is 0. The molecule has 0 spiro atoms. The average molecular weight is 273 g/mol. The first-order chi connectivity index (χ1) is 7.41. The van der Waals surface area contributed by atoms with E-state index >= 15 is 0 Å². The number of unbranched alkanes of at least 4 members (excludes halogenated alkanes) is 8. The van der Waals surface area contributed by atoms with Crippen LogP contribution in [0.4, 0.5) is 0 Å². The number of hydrogen-bond donors (Lipinski definition) is 0. The van der Waals surface area contributed by atoms with E-state index in [0.717, 1.165) is 0 Å². The lowest BCUT2D eigenvalue weighted by atomic mass is 10.1. The molecule has 0 aliphatic heterocycles. The summed E-state index contributed by atoms with van der Waals surface area (Å²) in [4.78, 5) is 0. The highest BCUT2D eigenvalue weighted by Gasteiger charge is 1.90. The summed E-state index contributed by atoms with van der Waals surface area (Å²) < 4.78 is 0. The fraction of sp³-hybridized carbons (Fsp3) is 0.714. The molecule has 15 heavy (non-hydrogen) atoms. The van der Waals surface area contributed by atoms with Gasteiger partial charge in [-0.3, -0.25) is 0 Å². The van der Waals surface area contributed by atoms with Crippen molar-refractivity contribution in [2.75, 3.05) is 5.33 Å². The van der Waals surface area contributed by atoms with Crippen molar-refractivity contribution in [2.45, 2.75) is 57.8 Å². The van der Waals surface area contributed by atoms with Crippen molar-refractivity contribution in [2.24, 2.45) is 0 Å². The largest absolute Gasteiger partial charge is 0.0991 e. The van der Waals surface area contributed by atoms with Crippen LogP contribution in [0.2, 0.25) is 0 Å². The first kappa shape index (κ1) is 15.0. The molecule has 88 valence electrons. The summed E-state index contributed by atoms with van der Waals surface area (Å²) >= 11 is 3.46. The highest BCUT2D eigenvalue weighted by Crippen LogP contribution is 2.10. The third kappa shape index (κ3) is 14.0. The quantitative estimate of drug-likeness (QED) is 0.260. The third-order valence-corrected chi connectivity index (χ3v) is 3.09. The maximum atomic E-state index is 3.65. The number of allylic oxidation sites excluding steroid dienone is 3. The van der Waals surface area contributed by atoms with Crippen molar-refractivity contribution in [1.29, 1.82) is 0 Å². The molecule has 0 nitrogen and oxygen atoms in total. The molecule has 0 unspecified atom stereocenters. The lowest BCUT2D eigenvalue weighted by molar-refractivity contribution is 0.579. The molecule has 1 heteroatoms. The van der Waals surface area contributed by atoms with E-state index in [4.69, 9.17) is 0 Å². The maximum absolute atomic E-state index is 3.65. The Morgan fingerprint density at radius 1 is 0.800 bits per heavy atom. The average Bonchev–Trinajstić information content (AvgIpc) is 2.26. The highest BCUT2D eigenvalue weighted by molar-refractivity contribution is 9.09. The molecule has 0 aromatic carbocycles. The van der Waals surface area contributed by atoms with E-state index in [1.807, 2.05) is 12.2 Å². The molecule has 0 atom stereocenters. The Balaban J connectivity index is 2.92. The van der Waals surface area contributed by atoms with Crippen LogP contribution in [0.1, 0.15) is 57.8 Å². The van der Waals surface area contributed by atoms with Gasteiger partial charge in [-0.15, -0.1) is 0 Å². The van der Waals surface area contributed by atoms with Gasteiger partial charge >= 0.3 is 0 Å². The van der Waals surface area contributed by atoms with E-state index in [-0.39, 0.29) is 0 Å². The molecule has 0 N–H and O–H groups in total. The van der Waals surface area contributed by atoms with Crippen LogP contribution in [-0.4, -0.2) is 5.33 Å². The lowest BCUT2D eigenvalue weighted by Crippen LogP contribution is -1.81. The second-order valence-electron chi connectivity index (χ2n) is 3.97. The van der Waals surface area contributed by atoms with Crippen LogP contribution in [0.5, 0.6) is 0 Å². The smallest absolute Gasteiger partial charge is 0.00313 e. The SMILES string of the molecule is C=C/C=C\CCCCCCCCCCBr. The molecule has 0 saturated carbocycles. The predicted octanol–water partition coefficient (Wildman–Crippen LogP) is 5.63. The molecule has 0 aromatic heterocycles. The Morgan fingerprint density at radius 2 is 1.33 bits per heavy atom. The van der Waals surface area contributed by atoms with Crippen LogP contribution in [0.25, 0.3) is 0 Å². The van der Waals surface area contributed by atoms with Gasteiger partial charge < -0.3 is 0 Å². The van der Waals surface area contributed by atoms with E-state index in [2.05, 4.69) is 28.6 Å². The van der Waals surface area contributed by atoms with E-state index in [0.29, 0.717) is 0 Å². The van der Waals surface area contributed by atoms with Crippen molar-refractivity contribution in [3.05, 3.63) is 24.8 Å². The van der Waals surface area contributed by atoms with Crippen LogP contribution >= 0.6 is 15.9 Å². The molecule has 0 aliphatic carbocycles. The van der Waals surface area contributed by atoms with Gasteiger partial charge in [-0.1, -0.05) is 79.3 Å². The number of halogens is 1. The third-order valence-electron chi connectivity index (χ3n) is 2.53. The second-order valence-corrected chi connectivity index (χ2v) is 4.76. The molecule has 0 amide bonds. The first-order valence-electron chi connectivity index (χ1n) is 6.25.